The van der Waals surface area contributed by atoms with Crippen LogP contribution in [0.4, 0.5) is 0 Å². The van der Waals surface area contributed by atoms with Crippen molar-refractivity contribution in [1.82, 2.24) is 15.1 Å². The Balaban J connectivity index is 2.00. The van der Waals surface area contributed by atoms with Crippen LogP contribution in [-0.2, 0) is 9.53 Å². The van der Waals surface area contributed by atoms with Gasteiger partial charge in [0.05, 0.1) is 29.4 Å². The van der Waals surface area contributed by atoms with Crippen molar-refractivity contribution < 1.29 is 14.3 Å². The molecule has 0 atom stereocenters. The van der Waals surface area contributed by atoms with Gasteiger partial charge in [0.2, 0.25) is 0 Å². The van der Waals surface area contributed by atoms with Crippen LogP contribution >= 0.6 is 34.8 Å². The van der Waals surface area contributed by atoms with Gasteiger partial charge in [0.25, 0.3) is 5.91 Å². The standard InChI is InChI=1S/C22H20Cl3N3O3/c1-3-31-19(29)10-11-26-22(30)20-13(2)21(14-4-6-15(23)7-5-14)28(27-20)18-9-8-16(24)12-17(18)25/h4-9,12H,3,10-11H2,1-2H3,(H,26,30). The maximum Gasteiger partial charge on any atom is 0.307 e. The third-order valence-electron chi connectivity index (χ3n) is 4.51. The molecule has 1 aromatic heterocycles. The van der Waals surface area contributed by atoms with Crippen LogP contribution in [0.3, 0.4) is 0 Å². The molecule has 0 aliphatic rings. The van der Waals surface area contributed by atoms with E-state index in [1.807, 2.05) is 12.1 Å². The third kappa shape index (κ3) is 5.39. The number of ether oxygens (including phenoxy) is 1. The van der Waals surface area contributed by atoms with E-state index in [1.165, 1.54) is 0 Å². The second-order valence-corrected chi connectivity index (χ2v) is 7.93. The van der Waals surface area contributed by atoms with Crippen molar-refractivity contribution in [2.75, 3.05) is 13.2 Å². The normalized spacial score (nSPS) is 10.7. The van der Waals surface area contributed by atoms with Gasteiger partial charge in [-0.05, 0) is 44.2 Å². The largest absolute Gasteiger partial charge is 0.466 e. The first kappa shape index (κ1) is 23.1. The first-order valence-electron chi connectivity index (χ1n) is 9.56. The molecule has 0 aliphatic carbocycles. The molecule has 6 nitrogen and oxygen atoms in total. The molecule has 3 aromatic rings. The summed E-state index contributed by atoms with van der Waals surface area (Å²) in [7, 11) is 0. The third-order valence-corrected chi connectivity index (χ3v) is 5.30. The Morgan fingerprint density at radius 2 is 1.74 bits per heavy atom. The summed E-state index contributed by atoms with van der Waals surface area (Å²) in [6.45, 7) is 3.97. The van der Waals surface area contributed by atoms with E-state index in [1.54, 1.807) is 48.9 Å². The minimum Gasteiger partial charge on any atom is -0.466 e. The molecule has 162 valence electrons. The Morgan fingerprint density at radius 3 is 2.39 bits per heavy atom. The molecule has 0 saturated carbocycles. The number of esters is 1. The zero-order valence-electron chi connectivity index (χ0n) is 16.9. The molecule has 3 rings (SSSR count). The number of amides is 1. The van der Waals surface area contributed by atoms with Crippen molar-refractivity contribution in [3.63, 3.8) is 0 Å². The van der Waals surface area contributed by atoms with Crippen LogP contribution < -0.4 is 5.32 Å². The number of rotatable bonds is 7. The quantitative estimate of drug-likeness (QED) is 0.454. The van der Waals surface area contributed by atoms with E-state index in [0.29, 0.717) is 38.6 Å². The molecule has 0 fully saturated rings. The highest BCUT2D eigenvalue weighted by Crippen LogP contribution is 2.33. The summed E-state index contributed by atoms with van der Waals surface area (Å²) in [6, 6.07) is 12.3. The summed E-state index contributed by atoms with van der Waals surface area (Å²) in [5, 5.41) is 8.71. The second-order valence-electron chi connectivity index (χ2n) is 6.65. The Labute approximate surface area is 195 Å². The number of carbonyl (C=O) groups is 2. The van der Waals surface area contributed by atoms with Crippen molar-refractivity contribution in [2.45, 2.75) is 20.3 Å². The van der Waals surface area contributed by atoms with E-state index >= 15 is 0 Å². The molecule has 1 heterocycles. The number of nitrogens with zero attached hydrogens (tertiary/aromatic N) is 2. The van der Waals surface area contributed by atoms with Gasteiger partial charge >= 0.3 is 5.97 Å². The summed E-state index contributed by atoms with van der Waals surface area (Å²) in [5.74, 6) is -0.777. The smallest absolute Gasteiger partial charge is 0.307 e. The molecule has 2 aromatic carbocycles. The topological polar surface area (TPSA) is 73.2 Å². The minimum absolute atomic E-state index is 0.0758. The van der Waals surface area contributed by atoms with Crippen LogP contribution in [-0.4, -0.2) is 34.8 Å². The van der Waals surface area contributed by atoms with Crippen molar-refractivity contribution in [3.8, 4) is 16.9 Å². The van der Waals surface area contributed by atoms with Crippen molar-refractivity contribution in [1.29, 1.82) is 0 Å². The lowest BCUT2D eigenvalue weighted by molar-refractivity contribution is -0.142. The predicted octanol–water partition coefficient (Wildman–Crippen LogP) is 5.49. The first-order chi connectivity index (χ1) is 14.8. The number of benzene rings is 2. The highest BCUT2D eigenvalue weighted by Gasteiger charge is 2.23. The Hall–Kier alpha value is -2.54. The number of carbonyl (C=O) groups excluding carboxylic acids is 2. The Bertz CT molecular complexity index is 1110. The van der Waals surface area contributed by atoms with E-state index in [-0.39, 0.29) is 24.6 Å². The van der Waals surface area contributed by atoms with Crippen LogP contribution in [0, 0.1) is 6.92 Å². The molecule has 1 N–H and O–H groups in total. The van der Waals surface area contributed by atoms with Gasteiger partial charge < -0.3 is 10.1 Å². The maximum atomic E-state index is 12.8. The van der Waals surface area contributed by atoms with Crippen molar-refractivity contribution in [3.05, 3.63) is 68.8 Å². The lowest BCUT2D eigenvalue weighted by atomic mass is 10.1. The summed E-state index contributed by atoms with van der Waals surface area (Å²) in [5.41, 5.74) is 2.95. The molecule has 0 bridgehead atoms. The summed E-state index contributed by atoms with van der Waals surface area (Å²) in [4.78, 5) is 24.3. The number of hydrogen-bond acceptors (Lipinski definition) is 4. The fraction of sp³-hybridized carbons (Fsp3) is 0.227. The average molecular weight is 481 g/mol. The monoisotopic (exact) mass is 479 g/mol. The molecule has 0 spiro atoms. The molecule has 0 aliphatic heterocycles. The van der Waals surface area contributed by atoms with E-state index in [9.17, 15) is 9.59 Å². The molecule has 0 radical (unpaired) electrons. The fourth-order valence-electron chi connectivity index (χ4n) is 3.08. The zero-order chi connectivity index (χ0) is 22.5. The van der Waals surface area contributed by atoms with Gasteiger partial charge in [-0.1, -0.05) is 46.9 Å². The van der Waals surface area contributed by atoms with Gasteiger partial charge in [0.15, 0.2) is 5.69 Å². The molecule has 1 amide bonds. The van der Waals surface area contributed by atoms with E-state index < -0.39 is 5.91 Å². The molecule has 0 unspecified atom stereocenters. The Kier molecular flexibility index (Phi) is 7.59. The van der Waals surface area contributed by atoms with Gasteiger partial charge in [-0.15, -0.1) is 0 Å². The second kappa shape index (κ2) is 10.2. The summed E-state index contributed by atoms with van der Waals surface area (Å²) < 4.78 is 6.49. The zero-order valence-corrected chi connectivity index (χ0v) is 19.2. The summed E-state index contributed by atoms with van der Waals surface area (Å²) in [6.07, 6.45) is 0.0758. The summed E-state index contributed by atoms with van der Waals surface area (Å²) >= 11 is 18.5. The highest BCUT2D eigenvalue weighted by atomic mass is 35.5. The highest BCUT2D eigenvalue weighted by molar-refractivity contribution is 6.35. The van der Waals surface area contributed by atoms with Crippen LogP contribution in [0.1, 0.15) is 29.4 Å². The van der Waals surface area contributed by atoms with Crippen LogP contribution in [0.15, 0.2) is 42.5 Å². The van der Waals surface area contributed by atoms with Crippen molar-refractivity contribution in [2.24, 2.45) is 0 Å². The number of nitrogens with one attached hydrogen (secondary N) is 1. The molecule has 0 saturated heterocycles. The lowest BCUT2D eigenvalue weighted by Gasteiger charge is -2.11. The van der Waals surface area contributed by atoms with Crippen LogP contribution in [0.5, 0.6) is 0 Å². The molecule has 31 heavy (non-hydrogen) atoms. The van der Waals surface area contributed by atoms with E-state index in [0.717, 1.165) is 5.56 Å². The predicted molar refractivity (Wildman–Crippen MR) is 122 cm³/mol. The number of aromatic nitrogens is 2. The fourth-order valence-corrected chi connectivity index (χ4v) is 3.70. The average Bonchev–Trinajstić information content (AvgIpc) is 3.06. The van der Waals surface area contributed by atoms with Crippen LogP contribution in [0.2, 0.25) is 15.1 Å². The van der Waals surface area contributed by atoms with E-state index in [4.69, 9.17) is 39.5 Å². The van der Waals surface area contributed by atoms with Gasteiger partial charge in [-0.25, -0.2) is 4.68 Å². The lowest BCUT2D eigenvalue weighted by Crippen LogP contribution is -2.27. The molecular weight excluding hydrogens is 461 g/mol. The van der Waals surface area contributed by atoms with Crippen LogP contribution in [0.25, 0.3) is 16.9 Å². The minimum atomic E-state index is -0.402. The first-order valence-corrected chi connectivity index (χ1v) is 10.7. The van der Waals surface area contributed by atoms with Gasteiger partial charge in [0.1, 0.15) is 0 Å². The van der Waals surface area contributed by atoms with Gasteiger partial charge in [-0.3, -0.25) is 9.59 Å². The van der Waals surface area contributed by atoms with Gasteiger partial charge in [0, 0.05) is 27.7 Å². The van der Waals surface area contributed by atoms with Gasteiger partial charge in [-0.2, -0.15) is 5.10 Å². The Morgan fingerprint density at radius 1 is 1.06 bits per heavy atom. The van der Waals surface area contributed by atoms with E-state index in [2.05, 4.69) is 10.4 Å². The SMILES string of the molecule is CCOC(=O)CCNC(=O)c1nn(-c2ccc(Cl)cc2Cl)c(-c2ccc(Cl)cc2)c1C. The molecule has 9 heteroatoms. The number of halogens is 3. The van der Waals surface area contributed by atoms with Crippen molar-refractivity contribution >= 4 is 46.7 Å². The molecular formula is C22H20Cl3N3O3. The maximum absolute atomic E-state index is 12.8. The number of hydrogen-bond donors (Lipinski definition) is 1.